The summed E-state index contributed by atoms with van der Waals surface area (Å²) in [5, 5.41) is 4.88. The second-order valence-electron chi connectivity index (χ2n) is 3.14. The van der Waals surface area contributed by atoms with Crippen LogP contribution in [0, 0.1) is 0 Å². The van der Waals surface area contributed by atoms with E-state index in [1.807, 2.05) is 6.07 Å². The quantitative estimate of drug-likeness (QED) is 0.834. The Morgan fingerprint density at radius 2 is 2.18 bits per heavy atom. The van der Waals surface area contributed by atoms with Gasteiger partial charge in [0, 0.05) is 17.7 Å². The van der Waals surface area contributed by atoms with Crippen LogP contribution >= 0.6 is 27.7 Å². The maximum absolute atomic E-state index is 11.6. The van der Waals surface area contributed by atoms with Crippen LogP contribution in [0.25, 0.3) is 0 Å². The number of imide groups is 1. The van der Waals surface area contributed by atoms with E-state index >= 15 is 0 Å². The monoisotopic (exact) mass is 317 g/mol. The molecule has 0 bridgehead atoms. The average molecular weight is 318 g/mol. The Morgan fingerprint density at radius 1 is 1.47 bits per heavy atom. The number of halogens is 1. The third kappa shape index (κ3) is 4.74. The molecule has 0 radical (unpaired) electrons. The standard InChI is InChI=1S/C10H12BrN3O2S/c1-6(9(15)14-10(16)12-2)17-8-4-3-7(11)5-13-8/h3-6H,1-2H3,(H2,12,14,15,16)/t6-/m0/s1. The van der Waals surface area contributed by atoms with Gasteiger partial charge in [-0.25, -0.2) is 9.78 Å². The first-order valence-electron chi connectivity index (χ1n) is 4.83. The Labute approximate surface area is 112 Å². The highest BCUT2D eigenvalue weighted by Crippen LogP contribution is 2.22. The predicted octanol–water partition coefficient (Wildman–Crippen LogP) is 1.78. The van der Waals surface area contributed by atoms with Gasteiger partial charge < -0.3 is 5.32 Å². The Hall–Kier alpha value is -1.08. The molecule has 0 aliphatic heterocycles. The zero-order chi connectivity index (χ0) is 12.8. The first-order chi connectivity index (χ1) is 8.02. The van der Waals surface area contributed by atoms with Crippen molar-refractivity contribution in [2.45, 2.75) is 17.2 Å². The van der Waals surface area contributed by atoms with Crippen LogP contribution in [0.2, 0.25) is 0 Å². The summed E-state index contributed by atoms with van der Waals surface area (Å²) >= 11 is 4.57. The fourth-order valence-electron chi connectivity index (χ4n) is 0.943. The fraction of sp³-hybridized carbons (Fsp3) is 0.300. The Bertz CT molecular complexity index is 411. The van der Waals surface area contributed by atoms with E-state index < -0.39 is 6.03 Å². The van der Waals surface area contributed by atoms with Gasteiger partial charge in [-0.2, -0.15) is 0 Å². The van der Waals surface area contributed by atoms with Gasteiger partial charge in [0.05, 0.1) is 10.3 Å². The molecule has 0 spiro atoms. The van der Waals surface area contributed by atoms with Crippen molar-refractivity contribution in [1.82, 2.24) is 15.6 Å². The number of nitrogens with zero attached hydrogens (tertiary/aromatic N) is 1. The number of pyridine rings is 1. The maximum atomic E-state index is 11.6. The molecule has 92 valence electrons. The molecule has 0 saturated carbocycles. The third-order valence-electron chi connectivity index (χ3n) is 1.83. The lowest BCUT2D eigenvalue weighted by atomic mass is 10.4. The molecule has 17 heavy (non-hydrogen) atoms. The number of carbonyl (C=O) groups is 2. The van der Waals surface area contributed by atoms with Crippen molar-refractivity contribution in [1.29, 1.82) is 0 Å². The lowest BCUT2D eigenvalue weighted by molar-refractivity contribution is -0.119. The number of hydrogen-bond acceptors (Lipinski definition) is 4. The fourth-order valence-corrected chi connectivity index (χ4v) is 1.97. The molecule has 7 heteroatoms. The molecule has 1 aromatic rings. The van der Waals surface area contributed by atoms with E-state index in [0.717, 1.165) is 9.50 Å². The van der Waals surface area contributed by atoms with Crippen LogP contribution in [-0.2, 0) is 4.79 Å². The highest BCUT2D eigenvalue weighted by atomic mass is 79.9. The molecule has 5 nitrogen and oxygen atoms in total. The minimum absolute atomic E-state index is 0.348. The number of rotatable bonds is 3. The van der Waals surface area contributed by atoms with E-state index in [1.54, 1.807) is 19.2 Å². The van der Waals surface area contributed by atoms with Gasteiger partial charge in [-0.15, -0.1) is 0 Å². The summed E-state index contributed by atoms with van der Waals surface area (Å²) in [4.78, 5) is 26.6. The Balaban J connectivity index is 2.54. The number of carbonyl (C=O) groups excluding carboxylic acids is 2. The van der Waals surface area contributed by atoms with Crippen molar-refractivity contribution in [2.24, 2.45) is 0 Å². The molecule has 1 heterocycles. The molecule has 0 unspecified atom stereocenters. The zero-order valence-corrected chi connectivity index (χ0v) is 11.8. The molecular weight excluding hydrogens is 306 g/mol. The summed E-state index contributed by atoms with van der Waals surface area (Å²) in [7, 11) is 1.46. The van der Waals surface area contributed by atoms with E-state index in [4.69, 9.17) is 0 Å². The summed E-state index contributed by atoms with van der Waals surface area (Å²) in [5.41, 5.74) is 0. The van der Waals surface area contributed by atoms with Crippen molar-refractivity contribution in [3.05, 3.63) is 22.8 Å². The number of aromatic nitrogens is 1. The molecule has 0 fully saturated rings. The van der Waals surface area contributed by atoms with Gasteiger partial charge in [0.25, 0.3) is 0 Å². The number of thioether (sulfide) groups is 1. The van der Waals surface area contributed by atoms with Gasteiger partial charge in [-0.3, -0.25) is 10.1 Å². The molecule has 2 N–H and O–H groups in total. The molecular formula is C10H12BrN3O2S. The molecule has 3 amide bonds. The van der Waals surface area contributed by atoms with Crippen molar-refractivity contribution >= 4 is 39.6 Å². The highest BCUT2D eigenvalue weighted by Gasteiger charge is 2.16. The van der Waals surface area contributed by atoms with Gasteiger partial charge in [0.15, 0.2) is 0 Å². The molecule has 1 atom stereocenters. The van der Waals surface area contributed by atoms with Gasteiger partial charge in [0.2, 0.25) is 5.91 Å². The zero-order valence-electron chi connectivity index (χ0n) is 9.36. The minimum Gasteiger partial charge on any atom is -0.341 e. The summed E-state index contributed by atoms with van der Waals surface area (Å²) in [6.07, 6.45) is 1.66. The molecule has 1 aromatic heterocycles. The van der Waals surface area contributed by atoms with Crippen LogP contribution in [0.1, 0.15) is 6.92 Å². The van der Waals surface area contributed by atoms with E-state index in [1.165, 1.54) is 18.8 Å². The first kappa shape index (κ1) is 14.0. The van der Waals surface area contributed by atoms with E-state index in [-0.39, 0.29) is 11.2 Å². The molecule has 0 saturated heterocycles. The number of urea groups is 1. The van der Waals surface area contributed by atoms with Crippen LogP contribution in [0.3, 0.4) is 0 Å². The second-order valence-corrected chi connectivity index (χ2v) is 5.42. The Kier molecular flexibility index (Phi) is 5.43. The predicted molar refractivity (Wildman–Crippen MR) is 69.9 cm³/mol. The van der Waals surface area contributed by atoms with E-state index in [2.05, 4.69) is 31.5 Å². The molecule has 1 rings (SSSR count). The molecule has 0 aliphatic carbocycles. The minimum atomic E-state index is -0.508. The van der Waals surface area contributed by atoms with Crippen LogP contribution in [0.5, 0.6) is 0 Å². The summed E-state index contributed by atoms with van der Waals surface area (Å²) < 4.78 is 0.879. The lowest BCUT2D eigenvalue weighted by Crippen LogP contribution is -2.41. The smallest absolute Gasteiger partial charge is 0.321 e. The normalized spacial score (nSPS) is 11.7. The van der Waals surface area contributed by atoms with Crippen molar-refractivity contribution in [3.8, 4) is 0 Å². The van der Waals surface area contributed by atoms with Gasteiger partial charge in [-0.05, 0) is 35.0 Å². The first-order valence-corrected chi connectivity index (χ1v) is 6.51. The van der Waals surface area contributed by atoms with Crippen molar-refractivity contribution in [3.63, 3.8) is 0 Å². The SMILES string of the molecule is CNC(=O)NC(=O)[C@H](C)Sc1ccc(Br)cn1. The summed E-state index contributed by atoms with van der Waals surface area (Å²) in [6.45, 7) is 1.71. The number of amides is 3. The van der Waals surface area contributed by atoms with Crippen LogP contribution < -0.4 is 10.6 Å². The number of nitrogens with one attached hydrogen (secondary N) is 2. The average Bonchev–Trinajstić information content (AvgIpc) is 2.31. The van der Waals surface area contributed by atoms with Gasteiger partial charge in [0.1, 0.15) is 0 Å². The van der Waals surface area contributed by atoms with Crippen LogP contribution in [0.15, 0.2) is 27.8 Å². The van der Waals surface area contributed by atoms with Crippen LogP contribution in [0.4, 0.5) is 4.79 Å². The molecule has 0 aromatic carbocycles. The topological polar surface area (TPSA) is 71.1 Å². The summed E-state index contributed by atoms with van der Waals surface area (Å²) in [5.74, 6) is -0.348. The third-order valence-corrected chi connectivity index (χ3v) is 3.35. The van der Waals surface area contributed by atoms with Gasteiger partial charge in [-0.1, -0.05) is 11.8 Å². The van der Waals surface area contributed by atoms with Gasteiger partial charge >= 0.3 is 6.03 Å². The maximum Gasteiger partial charge on any atom is 0.321 e. The van der Waals surface area contributed by atoms with Crippen molar-refractivity contribution in [2.75, 3.05) is 7.05 Å². The highest BCUT2D eigenvalue weighted by molar-refractivity contribution is 9.10. The molecule has 0 aliphatic rings. The van der Waals surface area contributed by atoms with Crippen LogP contribution in [-0.4, -0.2) is 29.2 Å². The Morgan fingerprint density at radius 3 is 2.71 bits per heavy atom. The second kappa shape index (κ2) is 6.61. The summed E-state index contributed by atoms with van der Waals surface area (Å²) in [6, 6.07) is 3.14. The lowest BCUT2D eigenvalue weighted by Gasteiger charge is -2.10. The van der Waals surface area contributed by atoms with E-state index in [0.29, 0.717) is 0 Å². The largest absolute Gasteiger partial charge is 0.341 e. The number of hydrogen-bond donors (Lipinski definition) is 2. The van der Waals surface area contributed by atoms with E-state index in [9.17, 15) is 9.59 Å². The van der Waals surface area contributed by atoms with Crippen molar-refractivity contribution < 1.29 is 9.59 Å².